The summed E-state index contributed by atoms with van der Waals surface area (Å²) in [5.41, 5.74) is 0.956. The molecule has 0 amide bonds. The van der Waals surface area contributed by atoms with Crippen LogP contribution in [-0.2, 0) is 15.0 Å². The van der Waals surface area contributed by atoms with Crippen LogP contribution in [0, 0.1) is 5.82 Å². The lowest BCUT2D eigenvalue weighted by molar-refractivity contribution is -0.0181. The van der Waals surface area contributed by atoms with Gasteiger partial charge in [-0.25, -0.2) is 4.39 Å². The Morgan fingerprint density at radius 1 is 1.25 bits per heavy atom. The monoisotopic (exact) mass is 337 g/mol. The highest BCUT2D eigenvalue weighted by Gasteiger charge is 2.35. The van der Waals surface area contributed by atoms with Crippen molar-refractivity contribution in [3.63, 3.8) is 0 Å². The molecule has 134 valence electrons. The third-order valence-corrected chi connectivity index (χ3v) is 5.17. The molecule has 4 nitrogen and oxygen atoms in total. The zero-order valence-corrected chi connectivity index (χ0v) is 14.2. The molecular weight excluding hydrogens is 309 g/mol. The second-order valence-electron chi connectivity index (χ2n) is 7.00. The fourth-order valence-corrected chi connectivity index (χ4v) is 3.80. The molecule has 1 heterocycles. The molecule has 1 aromatic rings. The maximum atomic E-state index is 13.2. The average Bonchev–Trinajstić information content (AvgIpc) is 3.26. The van der Waals surface area contributed by atoms with E-state index in [1.165, 1.54) is 12.1 Å². The van der Waals surface area contributed by atoms with Crippen LogP contribution in [0.1, 0.15) is 44.1 Å². The highest BCUT2D eigenvalue weighted by molar-refractivity contribution is 5.26. The van der Waals surface area contributed by atoms with Gasteiger partial charge in [-0.05, 0) is 43.4 Å². The Hall–Kier alpha value is -1.01. The summed E-state index contributed by atoms with van der Waals surface area (Å²) < 4.78 is 24.3. The van der Waals surface area contributed by atoms with Crippen LogP contribution in [0.25, 0.3) is 0 Å². The van der Waals surface area contributed by atoms with Crippen molar-refractivity contribution in [2.24, 2.45) is 0 Å². The maximum absolute atomic E-state index is 13.2. The first-order valence-electron chi connectivity index (χ1n) is 9.06. The first-order valence-corrected chi connectivity index (χ1v) is 9.06. The van der Waals surface area contributed by atoms with Crippen molar-refractivity contribution in [1.29, 1.82) is 0 Å². The number of aliphatic hydroxyl groups is 1. The van der Waals surface area contributed by atoms with E-state index in [4.69, 9.17) is 9.47 Å². The Morgan fingerprint density at radius 3 is 2.67 bits per heavy atom. The minimum absolute atomic E-state index is 0.150. The molecule has 1 aromatic carbocycles. The molecule has 1 saturated heterocycles. The summed E-state index contributed by atoms with van der Waals surface area (Å²) in [5, 5.41) is 13.7. The summed E-state index contributed by atoms with van der Waals surface area (Å²) in [6.07, 6.45) is 6.10. The molecule has 1 aliphatic heterocycles. The third-order valence-electron chi connectivity index (χ3n) is 5.17. The molecule has 2 atom stereocenters. The molecule has 3 rings (SSSR count). The van der Waals surface area contributed by atoms with Crippen molar-refractivity contribution in [1.82, 2.24) is 5.32 Å². The van der Waals surface area contributed by atoms with E-state index in [0.717, 1.165) is 50.7 Å². The number of nitrogens with one attached hydrogen (secondary N) is 1. The minimum Gasteiger partial charge on any atom is -0.389 e. The summed E-state index contributed by atoms with van der Waals surface area (Å²) in [5.74, 6) is -0.213. The first-order chi connectivity index (χ1) is 11.7. The number of rotatable bonds is 8. The fraction of sp³-hybridized carbons (Fsp3) is 0.684. The first kappa shape index (κ1) is 17.8. The van der Waals surface area contributed by atoms with Gasteiger partial charge in [-0.1, -0.05) is 25.0 Å². The van der Waals surface area contributed by atoms with Crippen molar-refractivity contribution < 1.29 is 19.0 Å². The van der Waals surface area contributed by atoms with Gasteiger partial charge in [0, 0.05) is 18.7 Å². The van der Waals surface area contributed by atoms with Crippen LogP contribution in [0.2, 0.25) is 0 Å². The van der Waals surface area contributed by atoms with Crippen LogP contribution in [0.5, 0.6) is 0 Å². The Labute approximate surface area is 143 Å². The Balaban J connectivity index is 1.47. The summed E-state index contributed by atoms with van der Waals surface area (Å²) in [6, 6.07) is 6.73. The number of ether oxygens (including phenoxy) is 2. The van der Waals surface area contributed by atoms with E-state index in [0.29, 0.717) is 19.8 Å². The van der Waals surface area contributed by atoms with Gasteiger partial charge in [0.25, 0.3) is 0 Å². The van der Waals surface area contributed by atoms with E-state index in [-0.39, 0.29) is 17.5 Å². The molecule has 0 spiro atoms. The van der Waals surface area contributed by atoms with Crippen molar-refractivity contribution in [2.75, 3.05) is 26.4 Å². The van der Waals surface area contributed by atoms with Gasteiger partial charge in [-0.2, -0.15) is 0 Å². The SMILES string of the molecule is OC(CNC1(c2ccc(F)cc2)CCCC1)COCC1CCCO1. The van der Waals surface area contributed by atoms with Gasteiger partial charge in [0.15, 0.2) is 0 Å². The maximum Gasteiger partial charge on any atom is 0.123 e. The Kier molecular flexibility index (Phi) is 6.22. The number of benzene rings is 1. The normalized spacial score (nSPS) is 24.3. The van der Waals surface area contributed by atoms with Gasteiger partial charge in [-0.15, -0.1) is 0 Å². The minimum atomic E-state index is -0.552. The molecule has 1 saturated carbocycles. The quantitative estimate of drug-likeness (QED) is 0.766. The fourth-order valence-electron chi connectivity index (χ4n) is 3.80. The van der Waals surface area contributed by atoms with Crippen LogP contribution < -0.4 is 5.32 Å². The lowest BCUT2D eigenvalue weighted by atomic mass is 9.88. The second-order valence-corrected chi connectivity index (χ2v) is 7.00. The summed E-state index contributed by atoms with van der Waals surface area (Å²) in [7, 11) is 0. The van der Waals surface area contributed by atoms with Gasteiger partial charge in [0.2, 0.25) is 0 Å². The third kappa shape index (κ3) is 4.54. The van der Waals surface area contributed by atoms with Crippen LogP contribution in [-0.4, -0.2) is 43.7 Å². The lowest BCUT2D eigenvalue weighted by Crippen LogP contribution is -2.44. The average molecular weight is 337 g/mol. The van der Waals surface area contributed by atoms with Crippen LogP contribution in [0.15, 0.2) is 24.3 Å². The molecule has 0 bridgehead atoms. The summed E-state index contributed by atoms with van der Waals surface area (Å²) in [4.78, 5) is 0. The highest BCUT2D eigenvalue weighted by Crippen LogP contribution is 2.38. The van der Waals surface area contributed by atoms with E-state index in [1.807, 2.05) is 12.1 Å². The Morgan fingerprint density at radius 2 is 2.00 bits per heavy atom. The van der Waals surface area contributed by atoms with E-state index >= 15 is 0 Å². The van der Waals surface area contributed by atoms with Crippen LogP contribution >= 0.6 is 0 Å². The smallest absolute Gasteiger partial charge is 0.123 e. The number of halogens is 1. The van der Waals surface area contributed by atoms with Crippen LogP contribution in [0.4, 0.5) is 4.39 Å². The molecular formula is C19H28FNO3. The molecule has 2 N–H and O–H groups in total. The standard InChI is InChI=1S/C19H28FNO3/c20-16-7-5-15(6-8-16)19(9-1-2-10-19)21-12-17(22)13-23-14-18-4-3-11-24-18/h5-8,17-18,21-22H,1-4,9-14H2. The largest absolute Gasteiger partial charge is 0.389 e. The number of hydrogen-bond donors (Lipinski definition) is 2. The van der Waals surface area contributed by atoms with Gasteiger partial charge >= 0.3 is 0 Å². The zero-order chi connectivity index (χ0) is 16.8. The predicted molar refractivity (Wildman–Crippen MR) is 90.3 cm³/mol. The van der Waals surface area contributed by atoms with Crippen molar-refractivity contribution in [3.05, 3.63) is 35.6 Å². The molecule has 0 radical (unpaired) electrons. The number of hydrogen-bond acceptors (Lipinski definition) is 4. The summed E-state index contributed by atoms with van der Waals surface area (Å²) >= 11 is 0. The number of aliphatic hydroxyl groups excluding tert-OH is 1. The molecule has 5 heteroatoms. The molecule has 1 aliphatic carbocycles. The van der Waals surface area contributed by atoms with Gasteiger partial charge < -0.3 is 19.9 Å². The van der Waals surface area contributed by atoms with Crippen molar-refractivity contribution in [3.8, 4) is 0 Å². The van der Waals surface area contributed by atoms with Crippen LogP contribution in [0.3, 0.4) is 0 Å². The molecule has 0 aromatic heterocycles. The zero-order valence-electron chi connectivity index (χ0n) is 14.2. The molecule has 2 unspecified atom stereocenters. The van der Waals surface area contributed by atoms with Gasteiger partial charge in [0.05, 0.1) is 25.4 Å². The Bertz CT molecular complexity index is 496. The highest BCUT2D eigenvalue weighted by atomic mass is 19.1. The molecule has 2 aliphatic rings. The van der Waals surface area contributed by atoms with Gasteiger partial charge in [-0.3, -0.25) is 0 Å². The molecule has 24 heavy (non-hydrogen) atoms. The van der Waals surface area contributed by atoms with Crippen molar-refractivity contribution in [2.45, 2.75) is 56.3 Å². The van der Waals surface area contributed by atoms with E-state index in [1.54, 1.807) is 0 Å². The topological polar surface area (TPSA) is 50.7 Å². The second kappa shape index (κ2) is 8.39. The van der Waals surface area contributed by atoms with E-state index in [9.17, 15) is 9.50 Å². The lowest BCUT2D eigenvalue weighted by Gasteiger charge is -2.32. The van der Waals surface area contributed by atoms with Crippen molar-refractivity contribution >= 4 is 0 Å². The molecule has 2 fully saturated rings. The summed E-state index contributed by atoms with van der Waals surface area (Å²) in [6.45, 7) is 2.16. The van der Waals surface area contributed by atoms with Gasteiger partial charge in [0.1, 0.15) is 5.82 Å². The van der Waals surface area contributed by atoms with E-state index in [2.05, 4.69) is 5.32 Å². The predicted octanol–water partition coefficient (Wildman–Crippen LogP) is 2.74. The van der Waals surface area contributed by atoms with E-state index < -0.39 is 6.10 Å².